The Morgan fingerprint density at radius 2 is 2.33 bits per heavy atom. The van der Waals surface area contributed by atoms with E-state index in [1.54, 1.807) is 17.6 Å². The molecule has 2 nitrogen and oxygen atoms in total. The molecule has 0 radical (unpaired) electrons. The van der Waals surface area contributed by atoms with Crippen LogP contribution in [0.25, 0.3) is 0 Å². The Kier molecular flexibility index (Phi) is 3.46. The summed E-state index contributed by atoms with van der Waals surface area (Å²) in [6, 6.07) is 6.89. The van der Waals surface area contributed by atoms with E-state index in [4.69, 9.17) is 16.0 Å². The number of halogens is 1. The number of aryl methyl sites for hydroxylation is 1. The number of hydrogen-bond acceptors (Lipinski definition) is 3. The Morgan fingerprint density at radius 1 is 1.44 bits per heavy atom. The monoisotopic (exact) mass is 281 g/mol. The predicted molar refractivity (Wildman–Crippen MR) is 75.3 cm³/mol. The zero-order valence-electron chi connectivity index (χ0n) is 10.3. The van der Waals surface area contributed by atoms with Gasteiger partial charge in [0.2, 0.25) is 0 Å². The van der Waals surface area contributed by atoms with E-state index >= 15 is 0 Å². The zero-order valence-corrected chi connectivity index (χ0v) is 11.9. The molecular weight excluding hydrogens is 266 g/mol. The predicted octanol–water partition coefficient (Wildman–Crippen LogP) is 4.72. The molecule has 0 amide bonds. The smallest absolute Gasteiger partial charge is 0.108 e. The molecule has 1 aliphatic carbocycles. The van der Waals surface area contributed by atoms with Crippen LogP contribution < -0.4 is 5.32 Å². The highest BCUT2D eigenvalue weighted by molar-refractivity contribution is 7.16. The van der Waals surface area contributed by atoms with Gasteiger partial charge in [0.25, 0.3) is 0 Å². The second-order valence-electron chi connectivity index (χ2n) is 4.77. The minimum absolute atomic E-state index is 0.327. The molecule has 2 aromatic heterocycles. The molecule has 0 aliphatic heterocycles. The van der Waals surface area contributed by atoms with Crippen LogP contribution in [0, 0.1) is 0 Å². The van der Waals surface area contributed by atoms with Gasteiger partial charge in [-0.25, -0.2) is 0 Å². The summed E-state index contributed by atoms with van der Waals surface area (Å²) >= 11 is 7.63. The van der Waals surface area contributed by atoms with Gasteiger partial charge in [-0.3, -0.25) is 0 Å². The third-order valence-corrected chi connectivity index (χ3v) is 4.94. The number of nitrogens with one attached hydrogen (secondary N) is 1. The topological polar surface area (TPSA) is 25.2 Å². The summed E-state index contributed by atoms with van der Waals surface area (Å²) in [7, 11) is 0. The summed E-state index contributed by atoms with van der Waals surface area (Å²) in [4.78, 5) is 1.29. The van der Waals surface area contributed by atoms with Gasteiger partial charge in [-0.15, -0.1) is 11.3 Å². The molecule has 2 unspecified atom stereocenters. The van der Waals surface area contributed by atoms with Crippen molar-refractivity contribution in [1.29, 1.82) is 0 Å². The SMILES string of the molecule is CC(NC1CCCc2occc21)c1ccc(Cl)s1. The summed E-state index contributed by atoms with van der Waals surface area (Å²) < 4.78 is 6.37. The molecule has 1 N–H and O–H groups in total. The molecule has 0 bridgehead atoms. The minimum Gasteiger partial charge on any atom is -0.469 e. The van der Waals surface area contributed by atoms with E-state index in [0.717, 1.165) is 16.5 Å². The van der Waals surface area contributed by atoms with Crippen molar-refractivity contribution in [3.63, 3.8) is 0 Å². The number of furan rings is 1. The Bertz CT molecular complexity index is 533. The molecule has 2 atom stereocenters. The first kappa shape index (κ1) is 12.3. The molecule has 0 fully saturated rings. The van der Waals surface area contributed by atoms with Crippen molar-refractivity contribution in [2.45, 2.75) is 38.3 Å². The van der Waals surface area contributed by atoms with Gasteiger partial charge in [-0.2, -0.15) is 0 Å². The highest BCUT2D eigenvalue weighted by atomic mass is 35.5. The summed E-state index contributed by atoms with van der Waals surface area (Å²) in [5.74, 6) is 1.15. The van der Waals surface area contributed by atoms with E-state index in [0.29, 0.717) is 12.1 Å². The maximum Gasteiger partial charge on any atom is 0.108 e. The first-order chi connectivity index (χ1) is 8.74. The average molecular weight is 282 g/mol. The van der Waals surface area contributed by atoms with Crippen LogP contribution in [0.4, 0.5) is 0 Å². The van der Waals surface area contributed by atoms with E-state index in [2.05, 4.69) is 24.4 Å². The molecule has 18 heavy (non-hydrogen) atoms. The molecule has 1 aliphatic rings. The summed E-state index contributed by atoms with van der Waals surface area (Å²) in [5.41, 5.74) is 1.33. The van der Waals surface area contributed by atoms with E-state index in [1.807, 2.05) is 6.07 Å². The third kappa shape index (κ3) is 2.35. The lowest BCUT2D eigenvalue weighted by Gasteiger charge is -2.26. The van der Waals surface area contributed by atoms with Crippen molar-refractivity contribution in [3.8, 4) is 0 Å². The van der Waals surface area contributed by atoms with Crippen LogP contribution in [-0.4, -0.2) is 0 Å². The second-order valence-corrected chi connectivity index (χ2v) is 6.52. The van der Waals surface area contributed by atoms with Crippen molar-refractivity contribution >= 4 is 22.9 Å². The lowest BCUT2D eigenvalue weighted by atomic mass is 9.93. The van der Waals surface area contributed by atoms with Crippen molar-refractivity contribution in [1.82, 2.24) is 5.32 Å². The van der Waals surface area contributed by atoms with Crippen LogP contribution in [0.15, 0.2) is 28.9 Å². The molecular formula is C14H16ClNOS. The number of rotatable bonds is 3. The molecule has 0 aromatic carbocycles. The lowest BCUT2D eigenvalue weighted by Crippen LogP contribution is -2.26. The van der Waals surface area contributed by atoms with Crippen molar-refractivity contribution in [2.75, 3.05) is 0 Å². The van der Waals surface area contributed by atoms with Crippen molar-refractivity contribution < 1.29 is 4.42 Å². The molecule has 0 spiro atoms. The Morgan fingerprint density at radius 3 is 3.11 bits per heavy atom. The van der Waals surface area contributed by atoms with E-state index in [1.165, 1.54) is 23.3 Å². The molecule has 3 rings (SSSR count). The van der Waals surface area contributed by atoms with Crippen LogP contribution in [0.5, 0.6) is 0 Å². The molecule has 2 heterocycles. The fourth-order valence-electron chi connectivity index (χ4n) is 2.60. The molecule has 0 saturated heterocycles. The van der Waals surface area contributed by atoms with Crippen molar-refractivity contribution in [3.05, 3.63) is 45.0 Å². The summed E-state index contributed by atoms with van der Waals surface area (Å²) in [6.45, 7) is 2.19. The number of fused-ring (bicyclic) bond motifs is 1. The first-order valence-electron chi connectivity index (χ1n) is 6.31. The molecule has 0 saturated carbocycles. The van der Waals surface area contributed by atoms with Gasteiger partial charge in [-0.1, -0.05) is 11.6 Å². The van der Waals surface area contributed by atoms with Gasteiger partial charge in [0, 0.05) is 28.9 Å². The summed E-state index contributed by atoms with van der Waals surface area (Å²) in [5, 5.41) is 3.68. The van der Waals surface area contributed by atoms with Gasteiger partial charge in [0.05, 0.1) is 10.6 Å². The van der Waals surface area contributed by atoms with Crippen molar-refractivity contribution in [2.24, 2.45) is 0 Å². The van der Waals surface area contributed by atoms with Gasteiger partial charge in [-0.05, 0) is 38.0 Å². The summed E-state index contributed by atoms with van der Waals surface area (Å²) in [6.07, 6.45) is 5.24. The molecule has 4 heteroatoms. The Labute approximate surface area is 116 Å². The van der Waals surface area contributed by atoms with Gasteiger partial charge >= 0.3 is 0 Å². The fraction of sp³-hybridized carbons (Fsp3) is 0.429. The number of thiophene rings is 1. The maximum atomic E-state index is 5.99. The van der Waals surface area contributed by atoms with Crippen LogP contribution in [0.2, 0.25) is 4.34 Å². The van der Waals surface area contributed by atoms with Crippen LogP contribution in [0.1, 0.15) is 48.0 Å². The highest BCUT2D eigenvalue weighted by Crippen LogP contribution is 2.34. The average Bonchev–Trinajstić information content (AvgIpc) is 2.97. The largest absolute Gasteiger partial charge is 0.469 e. The zero-order chi connectivity index (χ0) is 12.5. The first-order valence-corrected chi connectivity index (χ1v) is 7.51. The van der Waals surface area contributed by atoms with Gasteiger partial charge < -0.3 is 9.73 Å². The van der Waals surface area contributed by atoms with Gasteiger partial charge in [0.1, 0.15) is 5.76 Å². The fourth-order valence-corrected chi connectivity index (χ4v) is 3.68. The van der Waals surface area contributed by atoms with Crippen LogP contribution in [0.3, 0.4) is 0 Å². The van der Waals surface area contributed by atoms with E-state index in [-0.39, 0.29) is 0 Å². The standard InChI is InChI=1S/C14H16ClNOS/c1-9(13-5-6-14(15)18-13)16-11-3-2-4-12-10(11)7-8-17-12/h5-9,11,16H,2-4H2,1H3. The molecule has 2 aromatic rings. The van der Waals surface area contributed by atoms with Crippen LogP contribution in [-0.2, 0) is 6.42 Å². The lowest BCUT2D eigenvalue weighted by molar-refractivity contribution is 0.387. The number of hydrogen-bond donors (Lipinski definition) is 1. The third-order valence-electron chi connectivity index (χ3n) is 3.52. The Hall–Kier alpha value is -0.770. The normalized spacial score (nSPS) is 20.7. The van der Waals surface area contributed by atoms with Crippen LogP contribution >= 0.6 is 22.9 Å². The quantitative estimate of drug-likeness (QED) is 0.880. The Balaban J connectivity index is 1.74. The maximum absolute atomic E-state index is 5.99. The van der Waals surface area contributed by atoms with E-state index in [9.17, 15) is 0 Å². The van der Waals surface area contributed by atoms with Gasteiger partial charge in [0.15, 0.2) is 0 Å². The highest BCUT2D eigenvalue weighted by Gasteiger charge is 2.24. The van der Waals surface area contributed by atoms with E-state index < -0.39 is 0 Å². The second kappa shape index (κ2) is 5.08. The minimum atomic E-state index is 0.327. The molecule has 96 valence electrons.